The lowest BCUT2D eigenvalue weighted by Gasteiger charge is -2.19. The summed E-state index contributed by atoms with van der Waals surface area (Å²) in [6, 6.07) is 3.96. The van der Waals surface area contributed by atoms with Gasteiger partial charge >= 0.3 is 6.09 Å². The predicted octanol–water partition coefficient (Wildman–Crippen LogP) is 2.77. The fourth-order valence-electron chi connectivity index (χ4n) is 1.29. The number of alkyl carbamates (subject to hydrolysis) is 1. The number of thiophene rings is 1. The minimum Gasteiger partial charge on any atom is -0.444 e. The number of Topliss-reactive ketones (excluding diaryl/α,β-unsaturated/α-hetero) is 1. The van der Waals surface area contributed by atoms with Crippen molar-refractivity contribution in [2.24, 2.45) is 0 Å². The van der Waals surface area contributed by atoms with E-state index in [1.165, 1.54) is 4.88 Å². The molecule has 5 heteroatoms. The van der Waals surface area contributed by atoms with Crippen molar-refractivity contribution in [3.63, 3.8) is 0 Å². The van der Waals surface area contributed by atoms with E-state index in [-0.39, 0.29) is 12.3 Å². The van der Waals surface area contributed by atoms with Gasteiger partial charge in [0.25, 0.3) is 0 Å². The quantitative estimate of drug-likeness (QED) is 0.894. The van der Waals surface area contributed by atoms with Crippen molar-refractivity contribution >= 4 is 23.2 Å². The monoisotopic (exact) mass is 269 g/mol. The van der Waals surface area contributed by atoms with Crippen LogP contribution in [-0.4, -0.2) is 24.0 Å². The Morgan fingerprint density at radius 3 is 2.67 bits per heavy atom. The van der Waals surface area contributed by atoms with Gasteiger partial charge in [0.15, 0.2) is 5.78 Å². The minimum absolute atomic E-state index is 0.00857. The summed E-state index contributed by atoms with van der Waals surface area (Å²) in [5.74, 6) is 0.00857. The van der Waals surface area contributed by atoms with Crippen LogP contribution in [0.5, 0.6) is 0 Å². The fourth-order valence-corrected chi connectivity index (χ4v) is 2.00. The maximum absolute atomic E-state index is 11.5. The van der Waals surface area contributed by atoms with E-state index in [1.54, 1.807) is 32.1 Å². The number of ether oxygens (including phenoxy) is 1. The van der Waals surface area contributed by atoms with Gasteiger partial charge in [0, 0.05) is 11.3 Å². The van der Waals surface area contributed by atoms with Crippen molar-refractivity contribution in [1.82, 2.24) is 5.32 Å². The molecule has 18 heavy (non-hydrogen) atoms. The lowest BCUT2D eigenvalue weighted by atomic mass is 10.2. The summed E-state index contributed by atoms with van der Waals surface area (Å²) in [7, 11) is 0. The van der Waals surface area contributed by atoms with Crippen LogP contribution in [0.25, 0.3) is 0 Å². The zero-order valence-electron chi connectivity index (χ0n) is 11.0. The zero-order valence-corrected chi connectivity index (χ0v) is 11.8. The van der Waals surface area contributed by atoms with Gasteiger partial charge in [-0.1, -0.05) is 6.07 Å². The third-order valence-corrected chi connectivity index (χ3v) is 3.00. The summed E-state index contributed by atoms with van der Waals surface area (Å²) in [6.45, 7) is 5.38. The molecule has 0 aliphatic heterocycles. The van der Waals surface area contributed by atoms with Gasteiger partial charge in [-0.25, -0.2) is 4.79 Å². The number of ketones is 1. The Morgan fingerprint density at radius 1 is 1.39 bits per heavy atom. The minimum atomic E-state index is -0.549. The van der Waals surface area contributed by atoms with Crippen LogP contribution in [0, 0.1) is 0 Å². The molecule has 1 N–H and O–H groups in total. The molecule has 100 valence electrons. The molecule has 1 rings (SSSR count). The Bertz CT molecular complexity index is 393. The van der Waals surface area contributed by atoms with E-state index in [2.05, 4.69) is 5.32 Å². The second-order valence-electron chi connectivity index (χ2n) is 4.97. The van der Waals surface area contributed by atoms with Gasteiger partial charge in [0.05, 0.1) is 6.54 Å². The van der Waals surface area contributed by atoms with E-state index in [0.29, 0.717) is 6.42 Å². The Morgan fingerprint density at radius 2 is 2.11 bits per heavy atom. The Labute approximate surface area is 111 Å². The molecular formula is C13H19NO3S. The third kappa shape index (κ3) is 6.39. The Balaban J connectivity index is 2.19. The van der Waals surface area contributed by atoms with Crippen molar-refractivity contribution in [2.45, 2.75) is 39.2 Å². The molecule has 0 bridgehead atoms. The largest absolute Gasteiger partial charge is 0.444 e. The van der Waals surface area contributed by atoms with Crippen molar-refractivity contribution in [3.05, 3.63) is 22.4 Å². The first-order chi connectivity index (χ1) is 8.37. The normalized spacial score (nSPS) is 11.1. The van der Waals surface area contributed by atoms with Crippen LogP contribution in [0.1, 0.15) is 32.1 Å². The van der Waals surface area contributed by atoms with Crippen LogP contribution in [0.15, 0.2) is 17.5 Å². The van der Waals surface area contributed by atoms with Crippen LogP contribution in [0.4, 0.5) is 4.79 Å². The molecule has 0 radical (unpaired) electrons. The van der Waals surface area contributed by atoms with Crippen LogP contribution < -0.4 is 5.32 Å². The van der Waals surface area contributed by atoms with Crippen LogP contribution in [-0.2, 0) is 16.0 Å². The lowest BCUT2D eigenvalue weighted by molar-refractivity contribution is -0.118. The molecule has 0 atom stereocenters. The van der Waals surface area contributed by atoms with Crippen LogP contribution in [0.3, 0.4) is 0 Å². The van der Waals surface area contributed by atoms with E-state index in [0.717, 1.165) is 6.42 Å². The molecule has 0 unspecified atom stereocenters. The van der Waals surface area contributed by atoms with Gasteiger partial charge in [0.1, 0.15) is 5.60 Å². The highest BCUT2D eigenvalue weighted by atomic mass is 32.1. The number of hydrogen-bond donors (Lipinski definition) is 1. The number of nitrogens with one attached hydrogen (secondary N) is 1. The van der Waals surface area contributed by atoms with Crippen molar-refractivity contribution in [2.75, 3.05) is 6.54 Å². The Hall–Kier alpha value is -1.36. The van der Waals surface area contributed by atoms with E-state index in [9.17, 15) is 9.59 Å². The molecule has 0 saturated heterocycles. The van der Waals surface area contributed by atoms with E-state index in [1.807, 2.05) is 17.5 Å². The Kier molecular flexibility index (Phi) is 5.34. The number of carbonyl (C=O) groups is 2. The van der Waals surface area contributed by atoms with Crippen LogP contribution in [0.2, 0.25) is 0 Å². The van der Waals surface area contributed by atoms with Crippen LogP contribution >= 0.6 is 11.3 Å². The van der Waals surface area contributed by atoms with Gasteiger partial charge in [-0.2, -0.15) is 0 Å². The smallest absolute Gasteiger partial charge is 0.408 e. The summed E-state index contributed by atoms with van der Waals surface area (Å²) >= 11 is 1.63. The molecule has 0 aliphatic carbocycles. The topological polar surface area (TPSA) is 55.4 Å². The van der Waals surface area contributed by atoms with E-state index >= 15 is 0 Å². The molecule has 0 aliphatic rings. The third-order valence-electron chi connectivity index (χ3n) is 2.06. The zero-order chi connectivity index (χ0) is 13.6. The van der Waals surface area contributed by atoms with E-state index in [4.69, 9.17) is 4.74 Å². The van der Waals surface area contributed by atoms with Gasteiger partial charge in [-0.15, -0.1) is 11.3 Å². The van der Waals surface area contributed by atoms with Crippen molar-refractivity contribution < 1.29 is 14.3 Å². The summed E-state index contributed by atoms with van der Waals surface area (Å²) < 4.78 is 5.04. The average Bonchev–Trinajstić information content (AvgIpc) is 2.74. The molecule has 0 fully saturated rings. The van der Waals surface area contributed by atoms with Gasteiger partial charge in [0.2, 0.25) is 0 Å². The van der Waals surface area contributed by atoms with E-state index < -0.39 is 11.7 Å². The first kappa shape index (κ1) is 14.7. The fraction of sp³-hybridized carbons (Fsp3) is 0.538. The molecule has 1 aromatic rings. The number of amides is 1. The summed E-state index contributed by atoms with van der Waals surface area (Å²) in [6.07, 6.45) is 0.620. The molecule has 1 heterocycles. The number of aryl methyl sites for hydroxylation is 1. The molecule has 1 amide bonds. The SMILES string of the molecule is CC(C)(C)OC(=O)NCC(=O)CCc1cccs1. The maximum atomic E-state index is 11.5. The first-order valence-corrected chi connectivity index (χ1v) is 6.76. The van der Waals surface area contributed by atoms with Gasteiger partial charge < -0.3 is 10.1 Å². The maximum Gasteiger partial charge on any atom is 0.408 e. The van der Waals surface area contributed by atoms with Gasteiger partial charge in [-0.05, 0) is 38.6 Å². The second-order valence-corrected chi connectivity index (χ2v) is 6.01. The second kappa shape index (κ2) is 6.54. The molecule has 1 aromatic heterocycles. The van der Waals surface area contributed by atoms with Gasteiger partial charge in [-0.3, -0.25) is 4.79 Å². The molecular weight excluding hydrogens is 250 g/mol. The number of carbonyl (C=O) groups excluding carboxylic acids is 2. The lowest BCUT2D eigenvalue weighted by Crippen LogP contribution is -2.35. The highest BCUT2D eigenvalue weighted by molar-refractivity contribution is 7.09. The highest BCUT2D eigenvalue weighted by Gasteiger charge is 2.16. The summed E-state index contributed by atoms with van der Waals surface area (Å²) in [5, 5.41) is 4.45. The summed E-state index contributed by atoms with van der Waals surface area (Å²) in [4.78, 5) is 24.0. The molecule has 0 aromatic carbocycles. The van der Waals surface area contributed by atoms with Crippen molar-refractivity contribution in [3.8, 4) is 0 Å². The van der Waals surface area contributed by atoms with Crippen molar-refractivity contribution in [1.29, 1.82) is 0 Å². The molecule has 4 nitrogen and oxygen atoms in total. The highest BCUT2D eigenvalue weighted by Crippen LogP contribution is 2.11. The first-order valence-electron chi connectivity index (χ1n) is 5.88. The predicted molar refractivity (Wildman–Crippen MR) is 71.9 cm³/mol. The number of rotatable bonds is 5. The standard InChI is InChI=1S/C13H19NO3S/c1-13(2,3)17-12(16)14-9-10(15)6-7-11-5-4-8-18-11/h4-5,8H,6-7,9H2,1-3H3,(H,14,16). The number of hydrogen-bond acceptors (Lipinski definition) is 4. The average molecular weight is 269 g/mol. The molecule has 0 spiro atoms. The molecule has 0 saturated carbocycles. The summed E-state index contributed by atoms with van der Waals surface area (Å²) in [5.41, 5.74) is -0.538.